The molecule has 6 nitrogen and oxygen atoms in total. The fourth-order valence-corrected chi connectivity index (χ4v) is 5.71. The van der Waals surface area contributed by atoms with Crippen molar-refractivity contribution in [3.8, 4) is 39.4 Å². The lowest BCUT2D eigenvalue weighted by Gasteiger charge is -2.14. The summed E-state index contributed by atoms with van der Waals surface area (Å²) in [5.74, 6) is 0.227. The second kappa shape index (κ2) is 9.87. The van der Waals surface area contributed by atoms with Crippen LogP contribution < -0.4 is 10.5 Å². The van der Waals surface area contributed by atoms with E-state index in [9.17, 15) is 9.90 Å². The Morgan fingerprint density at radius 3 is 2.36 bits per heavy atom. The number of rotatable bonds is 6. The lowest BCUT2D eigenvalue weighted by atomic mass is 9.97. The van der Waals surface area contributed by atoms with Crippen molar-refractivity contribution in [3.63, 3.8) is 0 Å². The number of aliphatic hydroxyl groups excluding tert-OH is 1. The maximum Gasteiger partial charge on any atom is 0.224 e. The van der Waals surface area contributed by atoms with Crippen LogP contribution in [0.1, 0.15) is 15.2 Å². The third kappa shape index (κ3) is 4.10. The van der Waals surface area contributed by atoms with Crippen molar-refractivity contribution in [2.75, 3.05) is 12.8 Å². The molecule has 9 heteroatoms. The number of aromatic nitrogens is 2. The van der Waals surface area contributed by atoms with Crippen LogP contribution in [-0.4, -0.2) is 28.5 Å². The minimum atomic E-state index is -0.133. The van der Waals surface area contributed by atoms with Gasteiger partial charge in [0.1, 0.15) is 5.52 Å². The number of methoxy groups -OCH3 is 1. The van der Waals surface area contributed by atoms with Crippen LogP contribution in [0.3, 0.4) is 0 Å². The predicted octanol–water partition coefficient (Wildman–Crippen LogP) is 6.89. The second-order valence-electron chi connectivity index (χ2n) is 7.91. The molecule has 0 amide bonds. The average Bonchev–Trinajstić information content (AvgIpc) is 3.23. The number of hydrogen-bond acceptors (Lipinski definition) is 7. The first-order chi connectivity index (χ1) is 17.5. The molecule has 0 saturated carbocycles. The zero-order valence-corrected chi connectivity index (χ0v) is 21.3. The summed E-state index contributed by atoms with van der Waals surface area (Å²) < 4.78 is 6.12. The molecule has 0 spiro atoms. The van der Waals surface area contributed by atoms with Gasteiger partial charge in [0, 0.05) is 34.0 Å². The van der Waals surface area contributed by atoms with Gasteiger partial charge in [-0.25, -0.2) is 4.98 Å². The number of aliphatic hydroxyl groups is 1. The highest BCUT2D eigenvalue weighted by molar-refractivity contribution is 7.19. The molecule has 0 fully saturated rings. The third-order valence-electron chi connectivity index (χ3n) is 5.87. The van der Waals surface area contributed by atoms with Crippen LogP contribution in [0.4, 0.5) is 5.69 Å². The van der Waals surface area contributed by atoms with Gasteiger partial charge in [-0.1, -0.05) is 59.6 Å². The Morgan fingerprint density at radius 1 is 1.03 bits per heavy atom. The first-order valence-corrected chi connectivity index (χ1v) is 12.4. The van der Waals surface area contributed by atoms with Crippen molar-refractivity contribution < 1.29 is 14.6 Å². The van der Waals surface area contributed by atoms with E-state index in [1.807, 2.05) is 42.5 Å². The highest BCUT2D eigenvalue weighted by Gasteiger charge is 2.18. The SMILES string of the molecule is COc1nc(-c2cccc(-c3cccc(-c4cnc5c(N)c(CO)sc5c4)c3Cl)c2Cl)ccc1C=O. The lowest BCUT2D eigenvalue weighted by molar-refractivity contribution is 0.112. The maximum atomic E-state index is 11.3. The number of nitrogen functional groups attached to an aromatic ring is 1. The number of thiophene rings is 1. The molecule has 0 aliphatic rings. The number of halogens is 2. The predicted molar refractivity (Wildman–Crippen MR) is 146 cm³/mol. The normalized spacial score (nSPS) is 11.1. The van der Waals surface area contributed by atoms with Crippen molar-refractivity contribution in [1.82, 2.24) is 9.97 Å². The van der Waals surface area contributed by atoms with E-state index in [2.05, 4.69) is 9.97 Å². The second-order valence-corrected chi connectivity index (χ2v) is 9.81. The highest BCUT2D eigenvalue weighted by Crippen LogP contribution is 2.43. The van der Waals surface area contributed by atoms with Gasteiger partial charge < -0.3 is 15.6 Å². The molecule has 5 aromatic rings. The Bertz CT molecular complexity index is 1630. The van der Waals surface area contributed by atoms with Crippen molar-refractivity contribution in [2.45, 2.75) is 6.61 Å². The lowest BCUT2D eigenvalue weighted by Crippen LogP contribution is -1.96. The van der Waals surface area contributed by atoms with Gasteiger partial charge in [-0.3, -0.25) is 9.78 Å². The monoisotopic (exact) mass is 535 g/mol. The summed E-state index contributed by atoms with van der Waals surface area (Å²) in [6.07, 6.45) is 2.42. The Labute approximate surface area is 220 Å². The van der Waals surface area contributed by atoms with Crippen molar-refractivity contribution in [1.29, 1.82) is 0 Å². The summed E-state index contributed by atoms with van der Waals surface area (Å²) in [5, 5.41) is 10.5. The Hall–Kier alpha value is -3.49. The Kier molecular flexibility index (Phi) is 6.64. The number of carbonyl (C=O) groups excluding carboxylic acids is 1. The summed E-state index contributed by atoms with van der Waals surface area (Å²) in [5.41, 5.74) is 12.0. The van der Waals surface area contributed by atoms with Crippen LogP contribution in [-0.2, 0) is 6.61 Å². The molecular formula is C27H19Cl2N3O3S. The standard InChI is InChI=1S/C27H19Cl2N3O3S/c1-35-27-14(12-33)8-9-20(32-27)19-7-3-6-18(24(19)29)17-5-2-4-16(23(17)28)15-10-21-26(31-11-15)25(30)22(13-34)36-21/h2-12,34H,13,30H2,1H3. The molecule has 0 aliphatic carbocycles. The number of pyridine rings is 2. The number of aldehydes is 1. The van der Waals surface area contributed by atoms with Crippen LogP contribution in [0.15, 0.2) is 60.8 Å². The minimum absolute atomic E-state index is 0.133. The summed E-state index contributed by atoms with van der Waals surface area (Å²) in [7, 11) is 1.46. The van der Waals surface area contributed by atoms with E-state index in [-0.39, 0.29) is 12.5 Å². The van der Waals surface area contributed by atoms with E-state index in [0.29, 0.717) is 49.2 Å². The molecule has 36 heavy (non-hydrogen) atoms. The summed E-state index contributed by atoms with van der Waals surface area (Å²) in [6, 6.07) is 16.7. The van der Waals surface area contributed by atoms with Gasteiger partial charge in [0.2, 0.25) is 5.88 Å². The number of carbonyl (C=O) groups is 1. The molecule has 0 saturated heterocycles. The fourth-order valence-electron chi connectivity index (χ4n) is 4.06. The van der Waals surface area contributed by atoms with E-state index in [0.717, 1.165) is 27.0 Å². The largest absolute Gasteiger partial charge is 0.480 e. The Morgan fingerprint density at radius 2 is 1.69 bits per heavy atom. The molecule has 5 rings (SSSR count). The van der Waals surface area contributed by atoms with Gasteiger partial charge in [-0.15, -0.1) is 11.3 Å². The van der Waals surface area contributed by atoms with Gasteiger partial charge in [0.25, 0.3) is 0 Å². The van der Waals surface area contributed by atoms with Crippen molar-refractivity contribution >= 4 is 56.7 Å². The number of ether oxygens (including phenoxy) is 1. The van der Waals surface area contributed by atoms with E-state index < -0.39 is 0 Å². The average molecular weight is 536 g/mol. The van der Waals surface area contributed by atoms with E-state index in [4.69, 9.17) is 33.7 Å². The van der Waals surface area contributed by atoms with E-state index in [1.165, 1.54) is 18.4 Å². The molecule has 3 heterocycles. The number of fused-ring (bicyclic) bond motifs is 1. The molecule has 3 aromatic heterocycles. The zero-order valence-electron chi connectivity index (χ0n) is 19.0. The van der Waals surface area contributed by atoms with Gasteiger partial charge in [0.15, 0.2) is 6.29 Å². The molecule has 0 bridgehead atoms. The fraction of sp³-hybridized carbons (Fsp3) is 0.0741. The van der Waals surface area contributed by atoms with Gasteiger partial charge in [0.05, 0.1) is 50.3 Å². The van der Waals surface area contributed by atoms with Crippen LogP contribution >= 0.6 is 34.5 Å². The molecule has 0 unspecified atom stereocenters. The van der Waals surface area contributed by atoms with E-state index in [1.54, 1.807) is 18.3 Å². The topological polar surface area (TPSA) is 98.3 Å². The zero-order chi connectivity index (χ0) is 25.4. The minimum Gasteiger partial charge on any atom is -0.480 e. The number of hydrogen-bond donors (Lipinski definition) is 2. The quantitative estimate of drug-likeness (QED) is 0.229. The van der Waals surface area contributed by atoms with Gasteiger partial charge in [-0.2, -0.15) is 0 Å². The maximum absolute atomic E-state index is 11.3. The smallest absolute Gasteiger partial charge is 0.224 e. The number of anilines is 1. The van der Waals surface area contributed by atoms with Crippen LogP contribution in [0, 0.1) is 0 Å². The van der Waals surface area contributed by atoms with Crippen LogP contribution in [0.2, 0.25) is 10.0 Å². The molecule has 0 radical (unpaired) electrons. The Balaban J connectivity index is 1.61. The molecule has 2 aromatic carbocycles. The summed E-state index contributed by atoms with van der Waals surface area (Å²) in [6.45, 7) is -0.133. The molecular weight excluding hydrogens is 517 g/mol. The summed E-state index contributed by atoms with van der Waals surface area (Å²) >= 11 is 15.2. The van der Waals surface area contributed by atoms with E-state index >= 15 is 0 Å². The molecule has 180 valence electrons. The summed E-state index contributed by atoms with van der Waals surface area (Å²) in [4.78, 5) is 20.9. The number of nitrogens with two attached hydrogens (primary N) is 1. The third-order valence-corrected chi connectivity index (χ3v) is 7.81. The molecule has 0 aliphatic heterocycles. The van der Waals surface area contributed by atoms with Gasteiger partial charge >= 0.3 is 0 Å². The highest BCUT2D eigenvalue weighted by atomic mass is 35.5. The molecule has 3 N–H and O–H groups in total. The first kappa shape index (κ1) is 24.2. The van der Waals surface area contributed by atoms with Gasteiger partial charge in [-0.05, 0) is 18.2 Å². The number of benzene rings is 2. The van der Waals surface area contributed by atoms with Crippen LogP contribution in [0.5, 0.6) is 5.88 Å². The number of nitrogens with zero attached hydrogens (tertiary/aromatic N) is 2. The molecule has 0 atom stereocenters. The van der Waals surface area contributed by atoms with Crippen molar-refractivity contribution in [3.05, 3.63) is 81.3 Å². The van der Waals surface area contributed by atoms with Crippen LogP contribution in [0.25, 0.3) is 43.7 Å². The first-order valence-electron chi connectivity index (χ1n) is 10.8. The van der Waals surface area contributed by atoms with Crippen molar-refractivity contribution in [2.24, 2.45) is 0 Å².